The van der Waals surface area contributed by atoms with Gasteiger partial charge in [-0.25, -0.2) is 0 Å². The van der Waals surface area contributed by atoms with Crippen LogP contribution in [0.5, 0.6) is 5.75 Å². The number of phenolic OH excluding ortho intramolecular Hbond substituents is 1. The number of rotatable bonds is 7. The van der Waals surface area contributed by atoms with Crippen LogP contribution in [0.25, 0.3) is 0 Å². The van der Waals surface area contributed by atoms with Crippen LogP contribution in [0.15, 0.2) is 36.4 Å². The molecule has 26 heavy (non-hydrogen) atoms. The molecule has 0 spiro atoms. The number of phenols is 1. The van der Waals surface area contributed by atoms with Crippen LogP contribution in [0.4, 0.5) is 0 Å². The lowest BCUT2D eigenvalue weighted by atomic mass is 9.99. The van der Waals surface area contributed by atoms with Crippen molar-refractivity contribution >= 4 is 5.91 Å². The number of carbonyl (C=O) groups is 1. The Bertz CT molecular complexity index is 745. The van der Waals surface area contributed by atoms with E-state index in [-0.39, 0.29) is 23.6 Å². The van der Waals surface area contributed by atoms with Crippen molar-refractivity contribution in [1.82, 2.24) is 10.6 Å². The summed E-state index contributed by atoms with van der Waals surface area (Å²) in [5, 5.41) is 16.2. The number of hydrogen-bond donors (Lipinski definition) is 3. The minimum atomic E-state index is -0.319. The topological polar surface area (TPSA) is 61.4 Å². The predicted molar refractivity (Wildman–Crippen MR) is 106 cm³/mol. The molecule has 4 heteroatoms. The molecule has 2 aromatic rings. The van der Waals surface area contributed by atoms with Gasteiger partial charge in [-0.15, -0.1) is 0 Å². The van der Waals surface area contributed by atoms with Crippen molar-refractivity contribution in [2.75, 3.05) is 0 Å². The summed E-state index contributed by atoms with van der Waals surface area (Å²) >= 11 is 0. The average Bonchev–Trinajstić information content (AvgIpc) is 2.55. The van der Waals surface area contributed by atoms with Gasteiger partial charge in [0.25, 0.3) is 0 Å². The van der Waals surface area contributed by atoms with E-state index in [0.29, 0.717) is 13.1 Å². The van der Waals surface area contributed by atoms with Crippen LogP contribution in [-0.2, 0) is 17.9 Å². The van der Waals surface area contributed by atoms with Gasteiger partial charge in [-0.05, 0) is 49.4 Å². The highest BCUT2D eigenvalue weighted by atomic mass is 16.3. The van der Waals surface area contributed by atoms with Crippen LogP contribution in [0.2, 0.25) is 0 Å². The molecule has 0 fully saturated rings. The van der Waals surface area contributed by atoms with E-state index in [1.54, 1.807) is 12.1 Å². The zero-order valence-corrected chi connectivity index (χ0v) is 16.4. The van der Waals surface area contributed by atoms with E-state index >= 15 is 0 Å². The van der Waals surface area contributed by atoms with Gasteiger partial charge in [-0.3, -0.25) is 4.79 Å². The molecular formula is C22H30N2O2. The second kappa shape index (κ2) is 8.86. The first-order valence-corrected chi connectivity index (χ1v) is 9.14. The van der Waals surface area contributed by atoms with Gasteiger partial charge in [-0.2, -0.15) is 0 Å². The number of nitrogens with one attached hydrogen (secondary N) is 2. The van der Waals surface area contributed by atoms with E-state index in [4.69, 9.17) is 0 Å². The third kappa shape index (κ3) is 5.09. The van der Waals surface area contributed by atoms with Crippen LogP contribution < -0.4 is 10.6 Å². The van der Waals surface area contributed by atoms with Crippen molar-refractivity contribution in [2.45, 2.75) is 53.8 Å². The summed E-state index contributed by atoms with van der Waals surface area (Å²) < 4.78 is 0. The number of para-hydroxylation sites is 1. The Morgan fingerprint density at radius 2 is 1.65 bits per heavy atom. The molecule has 0 aliphatic heterocycles. The summed E-state index contributed by atoms with van der Waals surface area (Å²) in [7, 11) is 0. The van der Waals surface area contributed by atoms with E-state index in [0.717, 1.165) is 5.56 Å². The molecule has 0 unspecified atom stereocenters. The zero-order valence-electron chi connectivity index (χ0n) is 16.4. The maximum atomic E-state index is 12.7. The average molecular weight is 354 g/mol. The van der Waals surface area contributed by atoms with Crippen molar-refractivity contribution in [1.29, 1.82) is 0 Å². The Morgan fingerprint density at radius 3 is 2.23 bits per heavy atom. The Kier molecular flexibility index (Phi) is 6.81. The van der Waals surface area contributed by atoms with E-state index in [2.05, 4.69) is 43.5 Å². The highest BCUT2D eigenvalue weighted by molar-refractivity contribution is 5.82. The fraction of sp³-hybridized carbons (Fsp3) is 0.409. The molecule has 1 atom stereocenters. The van der Waals surface area contributed by atoms with Gasteiger partial charge in [0.05, 0.1) is 6.04 Å². The molecule has 4 nitrogen and oxygen atoms in total. The second-order valence-electron chi connectivity index (χ2n) is 7.33. The number of amides is 1. The monoisotopic (exact) mass is 354 g/mol. The van der Waals surface area contributed by atoms with Crippen molar-refractivity contribution < 1.29 is 9.90 Å². The predicted octanol–water partition coefficient (Wildman–Crippen LogP) is 3.75. The highest BCUT2D eigenvalue weighted by Gasteiger charge is 2.22. The van der Waals surface area contributed by atoms with Gasteiger partial charge in [-0.1, -0.05) is 49.7 Å². The molecule has 2 aromatic carbocycles. The summed E-state index contributed by atoms with van der Waals surface area (Å²) in [4.78, 5) is 12.7. The number of benzene rings is 2. The number of carbonyl (C=O) groups excluding carboxylic acids is 1. The molecule has 0 radical (unpaired) electrons. The molecule has 0 aliphatic carbocycles. The quantitative estimate of drug-likeness (QED) is 0.710. The van der Waals surface area contributed by atoms with Crippen molar-refractivity contribution in [2.24, 2.45) is 5.92 Å². The summed E-state index contributed by atoms with van der Waals surface area (Å²) in [5.41, 5.74) is 5.60. The SMILES string of the molecule is Cc1cc(C)c(CNC(=O)[C@@H](NCc2ccccc2O)C(C)C)c(C)c1. The second-order valence-corrected chi connectivity index (χ2v) is 7.33. The van der Waals surface area contributed by atoms with Crippen LogP contribution >= 0.6 is 0 Å². The standard InChI is InChI=1S/C22H30N2O2/c1-14(2)21(23-12-18-8-6-7-9-20(18)25)22(26)24-13-19-16(4)10-15(3)11-17(19)5/h6-11,14,21,23,25H,12-13H2,1-5H3,(H,24,26)/t21-/m0/s1. The lowest BCUT2D eigenvalue weighted by Crippen LogP contribution is -2.47. The van der Waals surface area contributed by atoms with Crippen LogP contribution in [-0.4, -0.2) is 17.1 Å². The Labute approximate surface area is 156 Å². The fourth-order valence-electron chi connectivity index (χ4n) is 3.29. The minimum absolute atomic E-state index is 0.0187. The number of hydrogen-bond acceptors (Lipinski definition) is 3. The Balaban J connectivity index is 2.01. The third-order valence-corrected chi connectivity index (χ3v) is 4.73. The van der Waals surface area contributed by atoms with Crippen LogP contribution in [0.1, 0.15) is 41.7 Å². The fourth-order valence-corrected chi connectivity index (χ4v) is 3.29. The number of aryl methyl sites for hydroxylation is 3. The highest BCUT2D eigenvalue weighted by Crippen LogP contribution is 2.17. The van der Waals surface area contributed by atoms with Gasteiger partial charge in [0.2, 0.25) is 5.91 Å². The van der Waals surface area contributed by atoms with Crippen LogP contribution in [0, 0.1) is 26.7 Å². The van der Waals surface area contributed by atoms with Gasteiger partial charge < -0.3 is 15.7 Å². The Morgan fingerprint density at radius 1 is 1.04 bits per heavy atom. The molecule has 1 amide bonds. The molecule has 140 valence electrons. The van der Waals surface area contributed by atoms with Gasteiger partial charge in [0.1, 0.15) is 5.75 Å². The smallest absolute Gasteiger partial charge is 0.237 e. The first-order chi connectivity index (χ1) is 12.3. The van der Waals surface area contributed by atoms with Gasteiger partial charge in [0, 0.05) is 18.7 Å². The molecule has 0 heterocycles. The molecule has 2 rings (SSSR count). The van der Waals surface area contributed by atoms with E-state index < -0.39 is 0 Å². The lowest BCUT2D eigenvalue weighted by Gasteiger charge is -2.23. The van der Waals surface area contributed by atoms with Gasteiger partial charge in [0.15, 0.2) is 0 Å². The summed E-state index contributed by atoms with van der Waals surface area (Å²) in [6.45, 7) is 11.3. The third-order valence-electron chi connectivity index (χ3n) is 4.73. The lowest BCUT2D eigenvalue weighted by molar-refractivity contribution is -0.124. The largest absolute Gasteiger partial charge is 0.508 e. The molecule has 0 aromatic heterocycles. The molecule has 0 saturated heterocycles. The maximum Gasteiger partial charge on any atom is 0.237 e. The van der Waals surface area contributed by atoms with Gasteiger partial charge >= 0.3 is 0 Å². The van der Waals surface area contributed by atoms with E-state index in [9.17, 15) is 9.90 Å². The summed E-state index contributed by atoms with van der Waals surface area (Å²) in [6.07, 6.45) is 0. The molecule has 0 saturated carbocycles. The molecular weight excluding hydrogens is 324 g/mol. The molecule has 0 bridgehead atoms. The maximum absolute atomic E-state index is 12.7. The number of aromatic hydroxyl groups is 1. The zero-order chi connectivity index (χ0) is 19.3. The summed E-state index contributed by atoms with van der Waals surface area (Å²) in [6, 6.07) is 11.2. The van der Waals surface area contributed by atoms with E-state index in [1.807, 2.05) is 26.0 Å². The normalized spacial score (nSPS) is 12.2. The van der Waals surface area contributed by atoms with Crippen molar-refractivity contribution in [3.8, 4) is 5.75 Å². The minimum Gasteiger partial charge on any atom is -0.508 e. The Hall–Kier alpha value is -2.33. The van der Waals surface area contributed by atoms with Crippen molar-refractivity contribution in [3.63, 3.8) is 0 Å². The molecule has 3 N–H and O–H groups in total. The van der Waals surface area contributed by atoms with E-state index in [1.165, 1.54) is 22.3 Å². The van der Waals surface area contributed by atoms with Crippen LogP contribution in [0.3, 0.4) is 0 Å². The van der Waals surface area contributed by atoms with Crippen molar-refractivity contribution in [3.05, 3.63) is 64.2 Å². The summed E-state index contributed by atoms with van der Waals surface area (Å²) in [5.74, 6) is 0.365. The first-order valence-electron chi connectivity index (χ1n) is 9.14. The molecule has 0 aliphatic rings. The first kappa shape index (κ1) is 20.0.